The van der Waals surface area contributed by atoms with Crippen LogP contribution >= 0.6 is 11.6 Å². The Kier molecular flexibility index (Phi) is 3.66. The first-order valence-corrected chi connectivity index (χ1v) is 5.77. The fourth-order valence-electron chi connectivity index (χ4n) is 1.58. The van der Waals surface area contributed by atoms with Gasteiger partial charge in [-0.1, -0.05) is 11.6 Å². The number of aromatic nitrogens is 1. The highest BCUT2D eigenvalue weighted by atomic mass is 35.5. The number of aromatic carboxylic acids is 1. The SMILES string of the molecule is Cc1cc(C(=O)O)cc(Nc2ccc(F)cc2Cl)n1. The van der Waals surface area contributed by atoms with Crippen molar-refractivity contribution in [2.45, 2.75) is 6.92 Å². The molecule has 0 unspecified atom stereocenters. The summed E-state index contributed by atoms with van der Waals surface area (Å²) < 4.78 is 12.9. The number of anilines is 2. The first kappa shape index (κ1) is 13.3. The highest BCUT2D eigenvalue weighted by Crippen LogP contribution is 2.25. The van der Waals surface area contributed by atoms with Gasteiger partial charge in [-0.25, -0.2) is 14.2 Å². The quantitative estimate of drug-likeness (QED) is 0.901. The number of carbonyl (C=O) groups is 1. The van der Waals surface area contributed by atoms with E-state index in [1.54, 1.807) is 6.92 Å². The lowest BCUT2D eigenvalue weighted by atomic mass is 10.2. The van der Waals surface area contributed by atoms with Gasteiger partial charge < -0.3 is 10.4 Å². The van der Waals surface area contributed by atoms with Crippen molar-refractivity contribution < 1.29 is 14.3 Å². The Morgan fingerprint density at radius 2 is 2.11 bits per heavy atom. The largest absolute Gasteiger partial charge is 0.478 e. The lowest BCUT2D eigenvalue weighted by Gasteiger charge is -2.09. The van der Waals surface area contributed by atoms with E-state index < -0.39 is 11.8 Å². The molecule has 0 atom stereocenters. The van der Waals surface area contributed by atoms with Crippen LogP contribution < -0.4 is 5.32 Å². The number of hydrogen-bond acceptors (Lipinski definition) is 3. The third-order valence-corrected chi connectivity index (χ3v) is 2.71. The predicted octanol–water partition coefficient (Wildman–Crippen LogP) is 3.62. The second-order valence-corrected chi connectivity index (χ2v) is 4.34. The Morgan fingerprint density at radius 1 is 1.37 bits per heavy atom. The molecule has 2 rings (SSSR count). The summed E-state index contributed by atoms with van der Waals surface area (Å²) in [5.41, 5.74) is 1.13. The van der Waals surface area contributed by atoms with Gasteiger partial charge in [0.15, 0.2) is 0 Å². The van der Waals surface area contributed by atoms with Crippen molar-refractivity contribution >= 4 is 29.1 Å². The molecule has 19 heavy (non-hydrogen) atoms. The van der Waals surface area contributed by atoms with Crippen LogP contribution in [-0.4, -0.2) is 16.1 Å². The summed E-state index contributed by atoms with van der Waals surface area (Å²) in [4.78, 5) is 15.1. The maximum absolute atomic E-state index is 12.9. The second-order valence-electron chi connectivity index (χ2n) is 3.94. The van der Waals surface area contributed by atoms with E-state index in [4.69, 9.17) is 16.7 Å². The normalized spacial score (nSPS) is 10.3. The van der Waals surface area contributed by atoms with Gasteiger partial charge in [0, 0.05) is 5.69 Å². The molecule has 1 aromatic heterocycles. The van der Waals surface area contributed by atoms with Crippen molar-refractivity contribution in [3.05, 3.63) is 52.4 Å². The van der Waals surface area contributed by atoms with E-state index in [-0.39, 0.29) is 10.6 Å². The molecule has 1 aromatic carbocycles. The smallest absolute Gasteiger partial charge is 0.335 e. The number of carboxylic acids is 1. The summed E-state index contributed by atoms with van der Waals surface area (Å²) in [5, 5.41) is 12.0. The number of aryl methyl sites for hydroxylation is 1. The molecule has 0 aliphatic heterocycles. The van der Waals surface area contributed by atoms with Crippen LogP contribution in [0.4, 0.5) is 15.9 Å². The van der Waals surface area contributed by atoms with E-state index in [0.29, 0.717) is 17.2 Å². The Balaban J connectivity index is 2.35. The molecule has 0 saturated carbocycles. The molecule has 0 fully saturated rings. The maximum Gasteiger partial charge on any atom is 0.335 e. The summed E-state index contributed by atoms with van der Waals surface area (Å²) in [7, 11) is 0. The van der Waals surface area contributed by atoms with E-state index >= 15 is 0 Å². The average Bonchev–Trinajstić information content (AvgIpc) is 2.32. The van der Waals surface area contributed by atoms with Crippen molar-refractivity contribution in [1.29, 1.82) is 0 Å². The highest BCUT2D eigenvalue weighted by molar-refractivity contribution is 6.33. The van der Waals surface area contributed by atoms with Gasteiger partial charge in [0.1, 0.15) is 11.6 Å². The molecule has 6 heteroatoms. The standard InChI is InChI=1S/C13H10ClFN2O2/c1-7-4-8(13(18)19)5-12(16-7)17-11-3-2-9(15)6-10(11)14/h2-6H,1H3,(H,16,17)(H,18,19). The number of nitrogens with one attached hydrogen (secondary N) is 1. The van der Waals surface area contributed by atoms with Gasteiger partial charge in [-0.05, 0) is 37.3 Å². The number of pyridine rings is 1. The van der Waals surface area contributed by atoms with Crippen LogP contribution in [0.25, 0.3) is 0 Å². The fraction of sp³-hybridized carbons (Fsp3) is 0.0769. The van der Waals surface area contributed by atoms with Crippen LogP contribution in [0.3, 0.4) is 0 Å². The average molecular weight is 281 g/mol. The zero-order chi connectivity index (χ0) is 14.0. The van der Waals surface area contributed by atoms with Crippen LogP contribution in [0, 0.1) is 12.7 Å². The van der Waals surface area contributed by atoms with Crippen molar-refractivity contribution in [1.82, 2.24) is 4.98 Å². The van der Waals surface area contributed by atoms with Gasteiger partial charge in [0.2, 0.25) is 0 Å². The van der Waals surface area contributed by atoms with E-state index in [1.165, 1.54) is 24.3 Å². The molecule has 98 valence electrons. The molecular formula is C13H10ClFN2O2. The van der Waals surface area contributed by atoms with Crippen LogP contribution in [0.5, 0.6) is 0 Å². The minimum atomic E-state index is -1.04. The van der Waals surface area contributed by atoms with Crippen LogP contribution in [0.2, 0.25) is 5.02 Å². The molecule has 0 radical (unpaired) electrons. The van der Waals surface area contributed by atoms with Crippen molar-refractivity contribution in [3.8, 4) is 0 Å². The highest BCUT2D eigenvalue weighted by Gasteiger charge is 2.08. The number of carboxylic acid groups (broad SMARTS) is 1. The van der Waals surface area contributed by atoms with Crippen molar-refractivity contribution in [2.24, 2.45) is 0 Å². The lowest BCUT2D eigenvalue weighted by Crippen LogP contribution is -2.02. The molecule has 4 nitrogen and oxygen atoms in total. The Labute approximate surface area is 113 Å². The number of halogens is 2. The zero-order valence-corrected chi connectivity index (χ0v) is 10.7. The lowest BCUT2D eigenvalue weighted by molar-refractivity contribution is 0.0696. The van der Waals surface area contributed by atoms with E-state index in [2.05, 4.69) is 10.3 Å². The summed E-state index contributed by atoms with van der Waals surface area (Å²) in [6, 6.07) is 6.72. The van der Waals surface area contributed by atoms with Crippen LogP contribution in [0.1, 0.15) is 16.1 Å². The molecule has 1 heterocycles. The van der Waals surface area contributed by atoms with Crippen LogP contribution in [-0.2, 0) is 0 Å². The zero-order valence-electron chi connectivity index (χ0n) is 9.95. The molecular weight excluding hydrogens is 271 g/mol. The van der Waals surface area contributed by atoms with Crippen molar-refractivity contribution in [2.75, 3.05) is 5.32 Å². The van der Waals surface area contributed by atoms with Gasteiger partial charge >= 0.3 is 5.97 Å². The second kappa shape index (κ2) is 5.24. The van der Waals surface area contributed by atoms with Gasteiger partial charge in [-0.3, -0.25) is 0 Å². The molecule has 0 amide bonds. The first-order chi connectivity index (χ1) is 8.95. The molecule has 0 saturated heterocycles. The minimum Gasteiger partial charge on any atom is -0.478 e. The third kappa shape index (κ3) is 3.20. The summed E-state index contributed by atoms with van der Waals surface area (Å²) in [6.07, 6.45) is 0. The number of rotatable bonds is 3. The molecule has 0 aliphatic carbocycles. The monoisotopic (exact) mass is 280 g/mol. The summed E-state index contributed by atoms with van der Waals surface area (Å²) >= 11 is 5.87. The summed E-state index contributed by atoms with van der Waals surface area (Å²) in [5.74, 6) is -1.15. The number of hydrogen-bond donors (Lipinski definition) is 2. The molecule has 0 spiro atoms. The predicted molar refractivity (Wildman–Crippen MR) is 70.6 cm³/mol. The topological polar surface area (TPSA) is 62.2 Å². The Bertz CT molecular complexity index is 647. The van der Waals surface area contributed by atoms with E-state index in [9.17, 15) is 9.18 Å². The number of nitrogens with zero attached hydrogens (tertiary/aromatic N) is 1. The van der Waals surface area contributed by atoms with Crippen molar-refractivity contribution in [3.63, 3.8) is 0 Å². The molecule has 0 bridgehead atoms. The third-order valence-electron chi connectivity index (χ3n) is 2.39. The molecule has 2 aromatic rings. The van der Waals surface area contributed by atoms with E-state index in [0.717, 1.165) is 6.07 Å². The molecule has 2 N–H and O–H groups in total. The maximum atomic E-state index is 12.9. The minimum absolute atomic E-state index is 0.119. The van der Waals surface area contributed by atoms with Gasteiger partial charge in [-0.2, -0.15) is 0 Å². The molecule has 0 aliphatic rings. The van der Waals surface area contributed by atoms with Crippen LogP contribution in [0.15, 0.2) is 30.3 Å². The Hall–Kier alpha value is -2.14. The number of benzene rings is 1. The Morgan fingerprint density at radius 3 is 2.74 bits per heavy atom. The summed E-state index contributed by atoms with van der Waals surface area (Å²) in [6.45, 7) is 1.68. The van der Waals surface area contributed by atoms with Gasteiger partial charge in [-0.15, -0.1) is 0 Å². The van der Waals surface area contributed by atoms with E-state index in [1.807, 2.05) is 0 Å². The van der Waals surface area contributed by atoms with Gasteiger partial charge in [0.05, 0.1) is 16.3 Å². The first-order valence-electron chi connectivity index (χ1n) is 5.40. The van der Waals surface area contributed by atoms with Gasteiger partial charge in [0.25, 0.3) is 0 Å². The fourth-order valence-corrected chi connectivity index (χ4v) is 1.80.